The lowest BCUT2D eigenvalue weighted by molar-refractivity contribution is 0.0168. The average Bonchev–Trinajstić information content (AvgIpc) is 3.16. The predicted molar refractivity (Wildman–Crippen MR) is 108 cm³/mol. The van der Waals surface area contributed by atoms with Crippen LogP contribution in [0.3, 0.4) is 0 Å². The van der Waals surface area contributed by atoms with Crippen LogP contribution in [0, 0.1) is 0 Å². The van der Waals surface area contributed by atoms with E-state index in [1.807, 2.05) is 0 Å². The molecule has 2 fully saturated rings. The topological polar surface area (TPSA) is 58.1 Å². The van der Waals surface area contributed by atoms with Gasteiger partial charge in [0.2, 0.25) is 0 Å². The average molecular weight is 369 g/mol. The van der Waals surface area contributed by atoms with Crippen LogP contribution >= 0.6 is 0 Å². The standard InChI is InChI=1S/C20H40N4O2/c1-4-21-19(22-11-9-14-25-16-18-10-8-15-26-18)23-17-20(2,3)24-12-6-5-7-13-24/h18H,4-17H2,1-3H3,(H2,21,22,23). The van der Waals surface area contributed by atoms with Crippen molar-refractivity contribution in [3.8, 4) is 0 Å². The van der Waals surface area contributed by atoms with E-state index in [1.165, 1.54) is 38.8 Å². The van der Waals surface area contributed by atoms with Crippen LogP contribution in [-0.4, -0.2) is 75.0 Å². The monoisotopic (exact) mass is 368 g/mol. The smallest absolute Gasteiger partial charge is 0.191 e. The number of piperidine rings is 1. The Bertz CT molecular complexity index is 403. The lowest BCUT2D eigenvalue weighted by atomic mass is 9.99. The fourth-order valence-electron chi connectivity index (χ4n) is 3.59. The second kappa shape index (κ2) is 11.8. The van der Waals surface area contributed by atoms with E-state index in [4.69, 9.17) is 14.5 Å². The first-order valence-corrected chi connectivity index (χ1v) is 10.6. The van der Waals surface area contributed by atoms with Crippen LogP contribution < -0.4 is 10.6 Å². The Balaban J connectivity index is 1.64. The number of likely N-dealkylation sites (tertiary alicyclic amines) is 1. The summed E-state index contributed by atoms with van der Waals surface area (Å²) >= 11 is 0. The molecule has 1 unspecified atom stereocenters. The van der Waals surface area contributed by atoms with Gasteiger partial charge in [-0.25, -0.2) is 0 Å². The van der Waals surface area contributed by atoms with Crippen molar-refractivity contribution in [3.63, 3.8) is 0 Å². The maximum absolute atomic E-state index is 5.72. The van der Waals surface area contributed by atoms with Crippen molar-refractivity contribution in [2.45, 2.75) is 70.9 Å². The molecule has 0 amide bonds. The number of aliphatic imine (C=N–C) groups is 1. The normalized spacial score (nSPS) is 22.6. The van der Waals surface area contributed by atoms with Crippen molar-refractivity contribution in [3.05, 3.63) is 0 Å². The van der Waals surface area contributed by atoms with E-state index in [1.54, 1.807) is 0 Å². The van der Waals surface area contributed by atoms with Gasteiger partial charge in [-0.1, -0.05) is 6.42 Å². The molecule has 2 rings (SSSR count). The van der Waals surface area contributed by atoms with Gasteiger partial charge in [0.1, 0.15) is 0 Å². The summed E-state index contributed by atoms with van der Waals surface area (Å²) in [7, 11) is 0. The van der Waals surface area contributed by atoms with Crippen molar-refractivity contribution in [1.29, 1.82) is 0 Å². The third-order valence-corrected chi connectivity index (χ3v) is 5.27. The molecule has 6 heteroatoms. The molecule has 2 saturated heterocycles. The number of hydrogen-bond donors (Lipinski definition) is 2. The van der Waals surface area contributed by atoms with Crippen LogP contribution in [0.15, 0.2) is 4.99 Å². The number of ether oxygens (including phenoxy) is 2. The summed E-state index contributed by atoms with van der Waals surface area (Å²) in [5.41, 5.74) is 0.118. The highest BCUT2D eigenvalue weighted by molar-refractivity contribution is 5.79. The van der Waals surface area contributed by atoms with Gasteiger partial charge in [0, 0.05) is 31.8 Å². The van der Waals surface area contributed by atoms with Crippen LogP contribution in [0.5, 0.6) is 0 Å². The number of nitrogens with one attached hydrogen (secondary N) is 2. The van der Waals surface area contributed by atoms with Gasteiger partial charge in [0.25, 0.3) is 0 Å². The molecule has 0 aromatic carbocycles. The third kappa shape index (κ3) is 7.80. The molecule has 26 heavy (non-hydrogen) atoms. The molecule has 0 saturated carbocycles. The number of guanidine groups is 1. The molecule has 2 aliphatic heterocycles. The SMILES string of the molecule is CCNC(=NCC(C)(C)N1CCCCC1)NCCCOCC1CCCO1. The van der Waals surface area contributed by atoms with E-state index in [2.05, 4.69) is 36.3 Å². The Labute approximate surface area is 160 Å². The van der Waals surface area contributed by atoms with Gasteiger partial charge in [-0.15, -0.1) is 0 Å². The van der Waals surface area contributed by atoms with Crippen LogP contribution in [0.4, 0.5) is 0 Å². The molecule has 6 nitrogen and oxygen atoms in total. The first-order chi connectivity index (χ1) is 12.6. The zero-order valence-corrected chi connectivity index (χ0v) is 17.2. The Morgan fingerprint density at radius 1 is 1.19 bits per heavy atom. The summed E-state index contributed by atoms with van der Waals surface area (Å²) in [6.07, 6.45) is 7.61. The summed E-state index contributed by atoms with van der Waals surface area (Å²) in [5.74, 6) is 0.914. The molecule has 152 valence electrons. The second-order valence-corrected chi connectivity index (χ2v) is 8.05. The van der Waals surface area contributed by atoms with Crippen molar-refractivity contribution >= 4 is 5.96 Å². The third-order valence-electron chi connectivity index (χ3n) is 5.27. The molecular weight excluding hydrogens is 328 g/mol. The zero-order chi connectivity index (χ0) is 18.7. The van der Waals surface area contributed by atoms with Crippen molar-refractivity contribution < 1.29 is 9.47 Å². The molecule has 0 bridgehead atoms. The molecule has 2 aliphatic rings. The van der Waals surface area contributed by atoms with E-state index >= 15 is 0 Å². The zero-order valence-electron chi connectivity index (χ0n) is 17.2. The van der Waals surface area contributed by atoms with Gasteiger partial charge in [-0.05, 0) is 66.0 Å². The Morgan fingerprint density at radius 2 is 2.00 bits per heavy atom. The van der Waals surface area contributed by atoms with E-state index in [-0.39, 0.29) is 5.54 Å². The van der Waals surface area contributed by atoms with Crippen LogP contribution in [0.25, 0.3) is 0 Å². The fourth-order valence-corrected chi connectivity index (χ4v) is 3.59. The van der Waals surface area contributed by atoms with Gasteiger partial charge in [0.15, 0.2) is 5.96 Å². The van der Waals surface area contributed by atoms with Crippen LogP contribution in [0.2, 0.25) is 0 Å². The first-order valence-electron chi connectivity index (χ1n) is 10.6. The quantitative estimate of drug-likeness (QED) is 0.352. The maximum Gasteiger partial charge on any atom is 0.191 e. The summed E-state index contributed by atoms with van der Waals surface area (Å²) in [5, 5.41) is 6.79. The molecule has 0 aromatic rings. The lowest BCUT2D eigenvalue weighted by Crippen LogP contribution is -2.49. The molecule has 0 aliphatic carbocycles. The van der Waals surface area contributed by atoms with Crippen LogP contribution in [0.1, 0.15) is 59.3 Å². The largest absolute Gasteiger partial charge is 0.379 e. The highest BCUT2D eigenvalue weighted by atomic mass is 16.5. The predicted octanol–water partition coefficient (Wildman–Crippen LogP) is 2.39. The Kier molecular flexibility index (Phi) is 9.72. The van der Waals surface area contributed by atoms with Crippen LogP contribution in [-0.2, 0) is 9.47 Å². The molecule has 1 atom stereocenters. The minimum Gasteiger partial charge on any atom is -0.379 e. The highest BCUT2D eigenvalue weighted by Crippen LogP contribution is 2.20. The van der Waals surface area contributed by atoms with Crippen molar-refractivity contribution in [2.75, 3.05) is 52.5 Å². The van der Waals surface area contributed by atoms with Crippen molar-refractivity contribution in [1.82, 2.24) is 15.5 Å². The maximum atomic E-state index is 5.72. The number of hydrogen-bond acceptors (Lipinski definition) is 4. The molecular formula is C20H40N4O2. The Morgan fingerprint density at radius 3 is 2.69 bits per heavy atom. The number of rotatable bonds is 10. The Hall–Kier alpha value is -0.850. The van der Waals surface area contributed by atoms with Gasteiger partial charge in [0.05, 0.1) is 19.3 Å². The minimum absolute atomic E-state index is 0.118. The number of nitrogens with zero attached hydrogens (tertiary/aromatic N) is 2. The van der Waals surface area contributed by atoms with Gasteiger partial charge < -0.3 is 20.1 Å². The van der Waals surface area contributed by atoms with E-state index in [0.29, 0.717) is 6.10 Å². The van der Waals surface area contributed by atoms with Gasteiger partial charge in [-0.2, -0.15) is 0 Å². The first kappa shape index (κ1) is 21.5. The van der Waals surface area contributed by atoms with E-state index in [9.17, 15) is 0 Å². The summed E-state index contributed by atoms with van der Waals surface area (Å²) in [4.78, 5) is 7.42. The molecule has 0 spiro atoms. The molecule has 2 heterocycles. The summed E-state index contributed by atoms with van der Waals surface area (Å²) < 4.78 is 11.3. The highest BCUT2D eigenvalue weighted by Gasteiger charge is 2.27. The minimum atomic E-state index is 0.118. The van der Waals surface area contributed by atoms with E-state index in [0.717, 1.165) is 58.3 Å². The molecule has 0 radical (unpaired) electrons. The van der Waals surface area contributed by atoms with E-state index < -0.39 is 0 Å². The summed E-state index contributed by atoms with van der Waals surface area (Å²) in [6.45, 7) is 14.1. The summed E-state index contributed by atoms with van der Waals surface area (Å²) in [6, 6.07) is 0. The van der Waals surface area contributed by atoms with Gasteiger partial charge >= 0.3 is 0 Å². The fraction of sp³-hybridized carbons (Fsp3) is 0.950. The molecule has 2 N–H and O–H groups in total. The lowest BCUT2D eigenvalue weighted by Gasteiger charge is -2.40. The molecule has 0 aromatic heterocycles. The second-order valence-electron chi connectivity index (χ2n) is 8.05. The van der Waals surface area contributed by atoms with Gasteiger partial charge in [-0.3, -0.25) is 9.89 Å². The van der Waals surface area contributed by atoms with Crippen molar-refractivity contribution in [2.24, 2.45) is 4.99 Å².